The van der Waals surface area contributed by atoms with E-state index in [-0.39, 0.29) is 19.6 Å². The largest absolute Gasteiger partial charge is 0.466 e. The van der Waals surface area contributed by atoms with Gasteiger partial charge in [0.25, 0.3) is 0 Å². The Morgan fingerprint density at radius 2 is 1.82 bits per heavy atom. The van der Waals surface area contributed by atoms with Crippen LogP contribution in [0.25, 0.3) is 0 Å². The highest BCUT2D eigenvalue weighted by Gasteiger charge is 2.18. The third kappa shape index (κ3) is 8.24. The summed E-state index contributed by atoms with van der Waals surface area (Å²) in [7, 11) is 0. The minimum atomic E-state index is -0.906. The van der Waals surface area contributed by atoms with Crippen LogP contribution in [0.1, 0.15) is 33.6 Å². The van der Waals surface area contributed by atoms with Crippen molar-refractivity contribution in [2.45, 2.75) is 39.7 Å². The lowest BCUT2D eigenvalue weighted by Gasteiger charge is -2.11. The Morgan fingerprint density at radius 3 is 2.35 bits per heavy atom. The molecule has 0 aromatic rings. The molecule has 0 heterocycles. The molecule has 0 radical (unpaired) electrons. The van der Waals surface area contributed by atoms with Crippen molar-refractivity contribution in [3.05, 3.63) is 0 Å². The van der Waals surface area contributed by atoms with Crippen molar-refractivity contribution in [3.63, 3.8) is 0 Å². The van der Waals surface area contributed by atoms with Crippen molar-refractivity contribution in [2.75, 3.05) is 13.2 Å². The quantitative estimate of drug-likeness (QED) is 0.376. The van der Waals surface area contributed by atoms with Gasteiger partial charge in [0.1, 0.15) is 0 Å². The summed E-state index contributed by atoms with van der Waals surface area (Å²) < 4.78 is 14.1. The highest BCUT2D eigenvalue weighted by Crippen LogP contribution is 2.00. The van der Waals surface area contributed by atoms with Gasteiger partial charge in [-0.15, -0.1) is 0 Å². The Hall–Kier alpha value is -1.59. The fourth-order valence-corrected chi connectivity index (χ4v) is 0.996. The predicted octanol–water partition coefficient (Wildman–Crippen LogP) is 0.825. The minimum Gasteiger partial charge on any atom is -0.466 e. The van der Waals surface area contributed by atoms with Crippen LogP contribution in [-0.4, -0.2) is 37.2 Å². The van der Waals surface area contributed by atoms with Gasteiger partial charge in [0.05, 0.1) is 13.2 Å². The predicted molar refractivity (Wildman–Crippen MR) is 58.1 cm³/mol. The van der Waals surface area contributed by atoms with Crippen LogP contribution in [0.5, 0.6) is 0 Å². The topological polar surface area (TPSA) is 78.9 Å². The molecule has 0 aliphatic heterocycles. The van der Waals surface area contributed by atoms with Gasteiger partial charge < -0.3 is 14.2 Å². The van der Waals surface area contributed by atoms with Crippen LogP contribution in [0.2, 0.25) is 0 Å². The van der Waals surface area contributed by atoms with E-state index in [1.54, 1.807) is 6.92 Å². The van der Waals surface area contributed by atoms with Crippen LogP contribution in [0, 0.1) is 0 Å². The maximum absolute atomic E-state index is 11.2. The van der Waals surface area contributed by atoms with Crippen molar-refractivity contribution in [1.82, 2.24) is 0 Å². The highest BCUT2D eigenvalue weighted by molar-refractivity contribution is 5.78. The second-order valence-electron chi connectivity index (χ2n) is 3.33. The molecule has 0 saturated carbocycles. The SMILES string of the molecule is CCOC(=O)[C@H](C)OC(=O)CCCOC(C)=O. The molecule has 98 valence electrons. The smallest absolute Gasteiger partial charge is 0.347 e. The van der Waals surface area contributed by atoms with Gasteiger partial charge in [-0.2, -0.15) is 0 Å². The van der Waals surface area contributed by atoms with E-state index in [1.165, 1.54) is 13.8 Å². The number of carbonyl (C=O) groups excluding carboxylic acids is 3. The van der Waals surface area contributed by atoms with Gasteiger partial charge in [0.2, 0.25) is 0 Å². The molecule has 1 atom stereocenters. The first-order valence-corrected chi connectivity index (χ1v) is 5.46. The van der Waals surface area contributed by atoms with Gasteiger partial charge >= 0.3 is 17.9 Å². The van der Waals surface area contributed by atoms with Crippen molar-refractivity contribution < 1.29 is 28.6 Å². The number of esters is 3. The van der Waals surface area contributed by atoms with E-state index in [4.69, 9.17) is 4.74 Å². The molecule has 6 nitrogen and oxygen atoms in total. The fourth-order valence-electron chi connectivity index (χ4n) is 0.996. The van der Waals surface area contributed by atoms with Gasteiger partial charge in [-0.3, -0.25) is 9.59 Å². The molecule has 0 fully saturated rings. The monoisotopic (exact) mass is 246 g/mol. The number of rotatable bonds is 7. The molecule has 0 unspecified atom stereocenters. The molecule has 0 aromatic heterocycles. The molecule has 6 heteroatoms. The molecule has 17 heavy (non-hydrogen) atoms. The van der Waals surface area contributed by atoms with Crippen molar-refractivity contribution >= 4 is 17.9 Å². The fraction of sp³-hybridized carbons (Fsp3) is 0.727. The second kappa shape index (κ2) is 8.55. The first-order valence-electron chi connectivity index (χ1n) is 5.46. The average molecular weight is 246 g/mol. The summed E-state index contributed by atoms with van der Waals surface area (Å²) in [6.45, 7) is 4.82. The Balaban J connectivity index is 3.71. The van der Waals surface area contributed by atoms with E-state index in [0.29, 0.717) is 6.42 Å². The normalized spacial score (nSPS) is 11.5. The summed E-state index contributed by atoms with van der Waals surface area (Å²) in [6.07, 6.45) is -0.443. The second-order valence-corrected chi connectivity index (χ2v) is 3.33. The Morgan fingerprint density at radius 1 is 1.18 bits per heavy atom. The van der Waals surface area contributed by atoms with Crippen LogP contribution in [0.15, 0.2) is 0 Å². The molecule has 0 amide bonds. The van der Waals surface area contributed by atoms with E-state index in [1.807, 2.05) is 0 Å². The van der Waals surface area contributed by atoms with Gasteiger partial charge in [-0.1, -0.05) is 0 Å². The van der Waals surface area contributed by atoms with Crippen molar-refractivity contribution in [2.24, 2.45) is 0 Å². The summed E-state index contributed by atoms with van der Waals surface area (Å²) in [5, 5.41) is 0. The molecule has 0 N–H and O–H groups in total. The zero-order valence-corrected chi connectivity index (χ0v) is 10.4. The highest BCUT2D eigenvalue weighted by atomic mass is 16.6. The maximum atomic E-state index is 11.2. The van der Waals surface area contributed by atoms with Gasteiger partial charge in [0, 0.05) is 13.3 Å². The number of hydrogen-bond donors (Lipinski definition) is 0. The van der Waals surface area contributed by atoms with Crippen LogP contribution in [0.4, 0.5) is 0 Å². The van der Waals surface area contributed by atoms with Gasteiger partial charge in [-0.05, 0) is 20.3 Å². The third-order valence-corrected chi connectivity index (χ3v) is 1.76. The first kappa shape index (κ1) is 15.4. The average Bonchev–Trinajstić information content (AvgIpc) is 2.24. The minimum absolute atomic E-state index is 0.0943. The van der Waals surface area contributed by atoms with Gasteiger partial charge in [-0.25, -0.2) is 4.79 Å². The summed E-state index contributed by atoms with van der Waals surface area (Å²) in [5.41, 5.74) is 0. The molecule has 0 aliphatic rings. The van der Waals surface area contributed by atoms with Crippen LogP contribution in [0.3, 0.4) is 0 Å². The Kier molecular flexibility index (Phi) is 7.75. The van der Waals surface area contributed by atoms with Crippen LogP contribution in [-0.2, 0) is 28.6 Å². The summed E-state index contributed by atoms with van der Waals surface area (Å²) in [4.78, 5) is 32.8. The lowest BCUT2D eigenvalue weighted by molar-refractivity contribution is -0.166. The van der Waals surface area contributed by atoms with Crippen molar-refractivity contribution in [3.8, 4) is 0 Å². The zero-order valence-electron chi connectivity index (χ0n) is 10.4. The maximum Gasteiger partial charge on any atom is 0.347 e. The van der Waals surface area contributed by atoms with E-state index >= 15 is 0 Å². The molecule has 0 bridgehead atoms. The van der Waals surface area contributed by atoms with Crippen LogP contribution < -0.4 is 0 Å². The molecule has 0 aliphatic carbocycles. The van der Waals surface area contributed by atoms with Crippen LogP contribution >= 0.6 is 0 Å². The first-order chi connectivity index (χ1) is 7.97. The number of hydrogen-bond acceptors (Lipinski definition) is 6. The zero-order chi connectivity index (χ0) is 13.3. The van der Waals surface area contributed by atoms with E-state index in [2.05, 4.69) is 9.47 Å². The van der Waals surface area contributed by atoms with Crippen molar-refractivity contribution in [1.29, 1.82) is 0 Å². The standard InChI is InChI=1S/C11H18O6/c1-4-15-11(14)8(2)17-10(13)6-5-7-16-9(3)12/h8H,4-7H2,1-3H3/t8-/m0/s1. The summed E-state index contributed by atoms with van der Waals surface area (Å²) >= 11 is 0. The molecule has 0 aromatic carbocycles. The lowest BCUT2D eigenvalue weighted by Crippen LogP contribution is -2.26. The number of carbonyl (C=O) groups is 3. The summed E-state index contributed by atoms with van der Waals surface area (Å²) in [5.74, 6) is -1.48. The Bertz CT molecular complexity index is 273. The third-order valence-electron chi connectivity index (χ3n) is 1.76. The Labute approximate surface area is 100 Å². The lowest BCUT2D eigenvalue weighted by atomic mass is 10.3. The number of ether oxygens (including phenoxy) is 3. The van der Waals surface area contributed by atoms with Gasteiger partial charge in [0.15, 0.2) is 6.10 Å². The molecular formula is C11H18O6. The molecule has 0 rings (SSSR count). The molecular weight excluding hydrogens is 228 g/mol. The molecule has 0 saturated heterocycles. The van der Waals surface area contributed by atoms with E-state index in [0.717, 1.165) is 0 Å². The summed E-state index contributed by atoms with van der Waals surface area (Å²) in [6, 6.07) is 0. The van der Waals surface area contributed by atoms with E-state index < -0.39 is 24.0 Å². The van der Waals surface area contributed by atoms with E-state index in [9.17, 15) is 14.4 Å². The molecule has 0 spiro atoms.